The van der Waals surface area contributed by atoms with Crippen molar-refractivity contribution < 1.29 is 36.3 Å². The number of hydrogen-bond donors (Lipinski definition) is 1. The third kappa shape index (κ3) is 5.63. The van der Waals surface area contributed by atoms with Crippen molar-refractivity contribution in [1.82, 2.24) is 24.7 Å². The highest BCUT2D eigenvalue weighted by atomic mass is 35.5. The van der Waals surface area contributed by atoms with E-state index >= 15 is 0 Å². The lowest BCUT2D eigenvalue weighted by molar-refractivity contribution is -0.118. The Labute approximate surface area is 263 Å². The Morgan fingerprint density at radius 3 is 2.54 bits per heavy atom. The van der Waals surface area contributed by atoms with Gasteiger partial charge in [0.2, 0.25) is 5.91 Å². The minimum atomic E-state index is -3.15. The van der Waals surface area contributed by atoms with E-state index in [9.17, 15) is 31.5 Å². The lowest BCUT2D eigenvalue weighted by Crippen LogP contribution is -2.30. The average molecular weight is 662 g/mol. The van der Waals surface area contributed by atoms with Crippen molar-refractivity contribution in [1.29, 1.82) is 0 Å². The molecule has 2 aliphatic rings. The standard InChI is InChI=1S/C30H25ClF5N7O3/c1-12-19(8-38-27(25(12)46-30(35)36)42-10-15-6-18(15)29(42)45)14(3)43-11-16(7-39-43)40-28(44)24-13(2)37-9-21(41-24)22-17(26(33)34)4-5-20(31)23(22)32/h4-5,7-9,11,14-15,18,26,30H,6,10H2,1-3H3,(H,40,44)/t14?,15-,18-/m1/s1. The number of fused-ring (bicyclic) bond motifs is 1. The number of carbonyl (C=O) groups excluding carboxylic acids is 2. The van der Waals surface area contributed by atoms with E-state index in [0.717, 1.165) is 24.8 Å². The van der Waals surface area contributed by atoms with Crippen molar-refractivity contribution in [3.63, 3.8) is 0 Å². The lowest BCUT2D eigenvalue weighted by atomic mass is 10.0. The number of aryl methyl sites for hydroxylation is 1. The van der Waals surface area contributed by atoms with Crippen LogP contribution >= 0.6 is 11.6 Å². The highest BCUT2D eigenvalue weighted by Crippen LogP contribution is 2.49. The van der Waals surface area contributed by atoms with Gasteiger partial charge in [0.05, 0.1) is 40.5 Å². The molecule has 2 fully saturated rings. The van der Waals surface area contributed by atoms with Crippen molar-refractivity contribution >= 4 is 34.9 Å². The Morgan fingerprint density at radius 2 is 1.87 bits per heavy atom. The Hall–Kier alpha value is -4.66. The first-order chi connectivity index (χ1) is 21.8. The number of pyridine rings is 1. The van der Waals surface area contributed by atoms with Crippen LogP contribution in [0.5, 0.6) is 5.75 Å². The molecule has 4 heterocycles. The van der Waals surface area contributed by atoms with Crippen LogP contribution in [0.3, 0.4) is 0 Å². The number of benzene rings is 1. The number of anilines is 2. The number of amides is 2. The highest BCUT2D eigenvalue weighted by Gasteiger charge is 2.53. The van der Waals surface area contributed by atoms with Gasteiger partial charge in [-0.05, 0) is 39.2 Å². The van der Waals surface area contributed by atoms with Crippen molar-refractivity contribution in [3.8, 4) is 17.0 Å². The van der Waals surface area contributed by atoms with Gasteiger partial charge < -0.3 is 10.1 Å². The Bertz CT molecular complexity index is 1870. The second-order valence-electron chi connectivity index (χ2n) is 11.1. The number of piperidine rings is 1. The van der Waals surface area contributed by atoms with Crippen LogP contribution in [0.2, 0.25) is 5.02 Å². The molecule has 10 nitrogen and oxygen atoms in total. The van der Waals surface area contributed by atoms with Crippen LogP contribution in [0, 0.1) is 31.5 Å². The second-order valence-corrected chi connectivity index (χ2v) is 11.5. The first kappa shape index (κ1) is 31.3. The fraction of sp³-hybridized carbons (Fsp3) is 0.333. The van der Waals surface area contributed by atoms with Crippen LogP contribution in [0.1, 0.15) is 58.7 Å². The van der Waals surface area contributed by atoms with Gasteiger partial charge in [-0.15, -0.1) is 0 Å². The molecule has 6 rings (SSSR count). The molecule has 1 aliphatic heterocycles. The van der Waals surface area contributed by atoms with Gasteiger partial charge in [0.1, 0.15) is 5.69 Å². The minimum Gasteiger partial charge on any atom is -0.431 e. The molecule has 3 atom stereocenters. The molecular formula is C30H25ClF5N7O3. The van der Waals surface area contributed by atoms with Gasteiger partial charge in [0.25, 0.3) is 12.3 Å². The molecule has 46 heavy (non-hydrogen) atoms. The van der Waals surface area contributed by atoms with Crippen LogP contribution in [-0.4, -0.2) is 49.7 Å². The maximum atomic E-state index is 14.8. The molecule has 1 unspecified atom stereocenters. The van der Waals surface area contributed by atoms with Gasteiger partial charge in [-0.25, -0.2) is 23.1 Å². The number of ether oxygens (including phenoxy) is 1. The number of nitrogens with one attached hydrogen (secondary N) is 1. The molecule has 1 saturated heterocycles. The number of alkyl halides is 4. The molecule has 4 aromatic rings. The van der Waals surface area contributed by atoms with Gasteiger partial charge in [-0.3, -0.25) is 24.2 Å². The number of aromatic nitrogens is 5. The largest absolute Gasteiger partial charge is 0.431 e. The van der Waals surface area contributed by atoms with Crippen LogP contribution in [-0.2, 0) is 4.79 Å². The number of hydrogen-bond acceptors (Lipinski definition) is 7. The molecule has 1 N–H and O–H groups in total. The van der Waals surface area contributed by atoms with Crippen molar-refractivity contribution in [2.45, 2.75) is 46.3 Å². The fourth-order valence-electron chi connectivity index (χ4n) is 5.64. The topological polar surface area (TPSA) is 115 Å². The molecule has 3 aromatic heterocycles. The predicted octanol–water partition coefficient (Wildman–Crippen LogP) is 6.53. The maximum Gasteiger partial charge on any atom is 0.387 e. The summed E-state index contributed by atoms with van der Waals surface area (Å²) in [7, 11) is 0. The number of rotatable bonds is 9. The zero-order chi connectivity index (χ0) is 33.0. The zero-order valence-electron chi connectivity index (χ0n) is 24.4. The summed E-state index contributed by atoms with van der Waals surface area (Å²) in [6.07, 6.45) is 3.08. The molecule has 16 heteroatoms. The van der Waals surface area contributed by atoms with Gasteiger partial charge in [-0.2, -0.15) is 13.9 Å². The first-order valence-electron chi connectivity index (χ1n) is 14.1. The van der Waals surface area contributed by atoms with Crippen molar-refractivity contribution in [2.24, 2.45) is 11.8 Å². The second kappa shape index (κ2) is 11.9. The van der Waals surface area contributed by atoms with Crippen LogP contribution < -0.4 is 15.0 Å². The summed E-state index contributed by atoms with van der Waals surface area (Å²) in [5.41, 5.74) is -0.625. The Morgan fingerprint density at radius 1 is 1.11 bits per heavy atom. The Balaban J connectivity index is 1.25. The first-order valence-corrected chi connectivity index (χ1v) is 14.4. The molecule has 240 valence electrons. The maximum absolute atomic E-state index is 14.8. The third-order valence-corrected chi connectivity index (χ3v) is 8.48. The van der Waals surface area contributed by atoms with E-state index in [0.29, 0.717) is 17.7 Å². The number of halogens is 6. The number of carbonyl (C=O) groups is 2. The quantitative estimate of drug-likeness (QED) is 0.203. The molecule has 0 radical (unpaired) electrons. The van der Waals surface area contributed by atoms with Gasteiger partial charge in [-0.1, -0.05) is 17.7 Å². The lowest BCUT2D eigenvalue weighted by Gasteiger charge is -2.24. The summed E-state index contributed by atoms with van der Waals surface area (Å²) in [5, 5.41) is 6.48. The summed E-state index contributed by atoms with van der Waals surface area (Å²) in [6, 6.07) is 1.40. The molecule has 2 amide bonds. The van der Waals surface area contributed by atoms with Gasteiger partial charge in [0, 0.05) is 47.1 Å². The fourth-order valence-corrected chi connectivity index (χ4v) is 5.79. The molecule has 1 saturated carbocycles. The van der Waals surface area contributed by atoms with E-state index in [1.165, 1.54) is 35.1 Å². The van der Waals surface area contributed by atoms with Crippen molar-refractivity contribution in [2.75, 3.05) is 16.8 Å². The molecular weight excluding hydrogens is 637 g/mol. The third-order valence-electron chi connectivity index (χ3n) is 8.18. The molecule has 0 spiro atoms. The smallest absolute Gasteiger partial charge is 0.387 e. The van der Waals surface area contributed by atoms with E-state index < -0.39 is 47.0 Å². The van der Waals surface area contributed by atoms with Gasteiger partial charge in [0.15, 0.2) is 17.4 Å². The Kier molecular flexibility index (Phi) is 8.12. The molecule has 1 aliphatic carbocycles. The predicted molar refractivity (Wildman–Crippen MR) is 156 cm³/mol. The van der Waals surface area contributed by atoms with E-state index in [1.807, 2.05) is 0 Å². The average Bonchev–Trinajstić information content (AvgIpc) is 3.51. The van der Waals surface area contributed by atoms with Crippen LogP contribution in [0.25, 0.3) is 11.3 Å². The monoisotopic (exact) mass is 661 g/mol. The van der Waals surface area contributed by atoms with Crippen LogP contribution in [0.15, 0.2) is 36.9 Å². The highest BCUT2D eigenvalue weighted by molar-refractivity contribution is 6.31. The SMILES string of the molecule is Cc1ncc(-c2c(C(F)F)ccc(Cl)c2F)nc1C(=O)Nc1cnn(C(C)c2cnc(N3C[C@H]4C[C@H]4C3=O)c(OC(F)F)c2C)c1. The van der Waals surface area contributed by atoms with E-state index in [2.05, 4.69) is 25.4 Å². The van der Waals surface area contributed by atoms with E-state index in [4.69, 9.17) is 16.3 Å². The van der Waals surface area contributed by atoms with E-state index in [-0.39, 0.29) is 52.1 Å². The number of nitrogens with zero attached hydrogens (tertiary/aromatic N) is 6. The van der Waals surface area contributed by atoms with Crippen molar-refractivity contribution in [3.05, 3.63) is 75.8 Å². The molecule has 0 bridgehead atoms. The van der Waals surface area contributed by atoms with E-state index in [1.54, 1.807) is 13.8 Å². The van der Waals surface area contributed by atoms with Crippen LogP contribution in [0.4, 0.5) is 33.5 Å². The summed E-state index contributed by atoms with van der Waals surface area (Å²) < 4.78 is 75.3. The summed E-state index contributed by atoms with van der Waals surface area (Å²) >= 11 is 5.83. The minimum absolute atomic E-state index is 0.0383. The zero-order valence-corrected chi connectivity index (χ0v) is 25.2. The van der Waals surface area contributed by atoms with Gasteiger partial charge >= 0.3 is 6.61 Å². The molecule has 1 aromatic carbocycles. The normalized spacial score (nSPS) is 17.9. The summed E-state index contributed by atoms with van der Waals surface area (Å²) in [4.78, 5) is 39.7. The summed E-state index contributed by atoms with van der Waals surface area (Å²) in [6.45, 7) is 2.02. The summed E-state index contributed by atoms with van der Waals surface area (Å²) in [5.74, 6) is -2.14.